The van der Waals surface area contributed by atoms with Gasteiger partial charge in [-0.05, 0) is 45.1 Å². The molecule has 0 spiro atoms. The van der Waals surface area contributed by atoms with E-state index in [4.69, 9.17) is 0 Å². The second-order valence-electron chi connectivity index (χ2n) is 5.03. The zero-order valence-electron chi connectivity index (χ0n) is 10.0. The molecule has 0 bridgehead atoms. The van der Waals surface area contributed by atoms with Crippen LogP contribution in [-0.4, -0.2) is 24.5 Å². The Labute approximate surface area is 97.7 Å². The fourth-order valence-corrected chi connectivity index (χ4v) is 2.61. The van der Waals surface area contributed by atoms with Crippen LogP contribution in [0.25, 0.3) is 0 Å². The van der Waals surface area contributed by atoms with Gasteiger partial charge in [0, 0.05) is 18.5 Å². The molecule has 0 aromatic heterocycles. The lowest BCUT2D eigenvalue weighted by Gasteiger charge is -2.30. The Hall–Kier alpha value is -0.830. The van der Waals surface area contributed by atoms with Crippen molar-refractivity contribution in [3.8, 4) is 0 Å². The molecule has 90 valence electrons. The van der Waals surface area contributed by atoms with Gasteiger partial charge in [-0.15, -0.1) is 0 Å². The average molecular weight is 222 g/mol. The predicted octanol–water partition coefficient (Wildman–Crippen LogP) is 1.60. The number of carbonyl (C=O) groups is 1. The number of rotatable bonds is 3. The number of amides is 1. The number of carbonyl (C=O) groups excluding carboxylic acids is 1. The van der Waals surface area contributed by atoms with Gasteiger partial charge in [-0.2, -0.15) is 0 Å². The van der Waals surface area contributed by atoms with Crippen LogP contribution in [0.2, 0.25) is 0 Å². The summed E-state index contributed by atoms with van der Waals surface area (Å²) >= 11 is 0. The number of hydrogen-bond acceptors (Lipinski definition) is 2. The molecule has 3 unspecified atom stereocenters. The fraction of sp³-hybridized carbons (Fsp3) is 0.769. The lowest BCUT2D eigenvalue weighted by Crippen LogP contribution is -2.52. The van der Waals surface area contributed by atoms with Gasteiger partial charge >= 0.3 is 0 Å². The molecule has 3 heteroatoms. The maximum Gasteiger partial charge on any atom is 0.220 e. The van der Waals surface area contributed by atoms with Crippen molar-refractivity contribution in [1.29, 1.82) is 0 Å². The smallest absolute Gasteiger partial charge is 0.220 e. The molecule has 0 aromatic carbocycles. The van der Waals surface area contributed by atoms with E-state index in [0.717, 1.165) is 25.8 Å². The molecule has 0 radical (unpaired) electrons. The summed E-state index contributed by atoms with van der Waals surface area (Å²) in [6.07, 6.45) is 9.59. The third-order valence-corrected chi connectivity index (χ3v) is 3.67. The van der Waals surface area contributed by atoms with E-state index in [-0.39, 0.29) is 5.91 Å². The zero-order chi connectivity index (χ0) is 11.4. The van der Waals surface area contributed by atoms with Gasteiger partial charge in [0.1, 0.15) is 0 Å². The molecule has 1 amide bonds. The second-order valence-corrected chi connectivity index (χ2v) is 5.03. The molecule has 1 aliphatic heterocycles. The van der Waals surface area contributed by atoms with E-state index in [1.807, 2.05) is 0 Å². The van der Waals surface area contributed by atoms with E-state index in [0.29, 0.717) is 24.4 Å². The lowest BCUT2D eigenvalue weighted by atomic mass is 9.98. The highest BCUT2D eigenvalue weighted by Crippen LogP contribution is 2.20. The molecule has 3 atom stereocenters. The number of hydrogen-bond donors (Lipinski definition) is 2. The summed E-state index contributed by atoms with van der Waals surface area (Å²) in [5, 5.41) is 6.56. The maximum absolute atomic E-state index is 11.8. The van der Waals surface area contributed by atoms with E-state index >= 15 is 0 Å². The highest BCUT2D eigenvalue weighted by atomic mass is 16.1. The van der Waals surface area contributed by atoms with Crippen molar-refractivity contribution in [2.75, 3.05) is 6.54 Å². The molecular weight excluding hydrogens is 200 g/mol. The Morgan fingerprint density at radius 1 is 1.50 bits per heavy atom. The highest BCUT2D eigenvalue weighted by molar-refractivity contribution is 5.76. The minimum absolute atomic E-state index is 0.220. The Morgan fingerprint density at radius 2 is 2.38 bits per heavy atom. The third-order valence-electron chi connectivity index (χ3n) is 3.67. The van der Waals surface area contributed by atoms with Crippen molar-refractivity contribution in [3.63, 3.8) is 0 Å². The number of piperidine rings is 1. The van der Waals surface area contributed by atoms with Gasteiger partial charge in [-0.1, -0.05) is 12.2 Å². The van der Waals surface area contributed by atoms with Crippen molar-refractivity contribution < 1.29 is 4.79 Å². The normalized spacial score (nSPS) is 33.9. The summed E-state index contributed by atoms with van der Waals surface area (Å²) in [6.45, 7) is 3.23. The lowest BCUT2D eigenvalue weighted by molar-refractivity contribution is -0.122. The van der Waals surface area contributed by atoms with E-state index < -0.39 is 0 Å². The van der Waals surface area contributed by atoms with E-state index in [2.05, 4.69) is 29.7 Å². The first-order valence-corrected chi connectivity index (χ1v) is 6.45. The van der Waals surface area contributed by atoms with Gasteiger partial charge in [-0.3, -0.25) is 4.79 Å². The van der Waals surface area contributed by atoms with Crippen LogP contribution < -0.4 is 10.6 Å². The van der Waals surface area contributed by atoms with E-state index in [1.165, 1.54) is 6.42 Å². The molecule has 16 heavy (non-hydrogen) atoms. The van der Waals surface area contributed by atoms with Crippen LogP contribution in [0.1, 0.15) is 39.0 Å². The Balaban J connectivity index is 1.75. The highest BCUT2D eigenvalue weighted by Gasteiger charge is 2.23. The van der Waals surface area contributed by atoms with Crippen LogP contribution in [0.3, 0.4) is 0 Å². The summed E-state index contributed by atoms with van der Waals surface area (Å²) in [4.78, 5) is 11.8. The van der Waals surface area contributed by atoms with Gasteiger partial charge in [-0.25, -0.2) is 0 Å². The average Bonchev–Trinajstić information content (AvgIpc) is 2.74. The van der Waals surface area contributed by atoms with Crippen molar-refractivity contribution in [2.45, 2.75) is 51.1 Å². The first-order valence-electron chi connectivity index (χ1n) is 6.45. The topological polar surface area (TPSA) is 41.1 Å². The SMILES string of the molecule is CC1NCCCC1NC(=O)CC1C=CCC1. The van der Waals surface area contributed by atoms with Crippen LogP contribution in [0.4, 0.5) is 0 Å². The molecule has 2 aliphatic rings. The largest absolute Gasteiger partial charge is 0.352 e. The monoisotopic (exact) mass is 222 g/mol. The van der Waals surface area contributed by atoms with Crippen LogP contribution in [-0.2, 0) is 4.79 Å². The number of nitrogens with one attached hydrogen (secondary N) is 2. The third kappa shape index (κ3) is 3.08. The van der Waals surface area contributed by atoms with Crippen LogP contribution in [0.5, 0.6) is 0 Å². The summed E-state index contributed by atoms with van der Waals surface area (Å²) in [5.74, 6) is 0.698. The second kappa shape index (κ2) is 5.48. The molecule has 0 saturated carbocycles. The minimum atomic E-state index is 0.220. The van der Waals surface area contributed by atoms with E-state index in [9.17, 15) is 4.79 Å². The fourth-order valence-electron chi connectivity index (χ4n) is 2.61. The molecule has 1 fully saturated rings. The molecule has 1 saturated heterocycles. The van der Waals surface area contributed by atoms with Crippen molar-refractivity contribution in [1.82, 2.24) is 10.6 Å². The van der Waals surface area contributed by atoms with Gasteiger partial charge in [0.25, 0.3) is 0 Å². The first-order chi connectivity index (χ1) is 7.75. The first kappa shape index (κ1) is 11.6. The van der Waals surface area contributed by atoms with E-state index in [1.54, 1.807) is 0 Å². The standard InChI is InChI=1S/C13H22N2O/c1-10-12(7-4-8-14-10)15-13(16)9-11-5-2-3-6-11/h2,5,10-12,14H,3-4,6-9H2,1H3,(H,15,16). The molecule has 1 heterocycles. The molecule has 3 nitrogen and oxygen atoms in total. The van der Waals surface area contributed by atoms with Gasteiger partial charge in [0.15, 0.2) is 0 Å². The van der Waals surface area contributed by atoms with Gasteiger partial charge in [0.05, 0.1) is 0 Å². The Bertz CT molecular complexity index is 275. The summed E-state index contributed by atoms with van der Waals surface area (Å²) in [5.41, 5.74) is 0. The number of allylic oxidation sites excluding steroid dienone is 2. The molecule has 0 aromatic rings. The molecule has 2 N–H and O–H groups in total. The van der Waals surface area contributed by atoms with Gasteiger partial charge < -0.3 is 10.6 Å². The quantitative estimate of drug-likeness (QED) is 0.712. The van der Waals surface area contributed by atoms with Crippen molar-refractivity contribution in [3.05, 3.63) is 12.2 Å². The molecular formula is C13H22N2O. The molecule has 2 rings (SSSR count). The maximum atomic E-state index is 11.8. The van der Waals surface area contributed by atoms with Crippen LogP contribution >= 0.6 is 0 Å². The van der Waals surface area contributed by atoms with Crippen LogP contribution in [0, 0.1) is 5.92 Å². The summed E-state index contributed by atoms with van der Waals surface area (Å²) < 4.78 is 0. The van der Waals surface area contributed by atoms with Crippen molar-refractivity contribution >= 4 is 5.91 Å². The zero-order valence-corrected chi connectivity index (χ0v) is 10.0. The summed E-state index contributed by atoms with van der Waals surface area (Å²) in [6, 6.07) is 0.739. The Morgan fingerprint density at radius 3 is 3.06 bits per heavy atom. The van der Waals surface area contributed by atoms with Gasteiger partial charge in [0.2, 0.25) is 5.91 Å². The van der Waals surface area contributed by atoms with Crippen molar-refractivity contribution in [2.24, 2.45) is 5.92 Å². The minimum Gasteiger partial charge on any atom is -0.352 e. The molecule has 1 aliphatic carbocycles. The Kier molecular flexibility index (Phi) is 3.99. The van der Waals surface area contributed by atoms with Crippen LogP contribution in [0.15, 0.2) is 12.2 Å². The predicted molar refractivity (Wildman–Crippen MR) is 65.1 cm³/mol. The summed E-state index contributed by atoms with van der Waals surface area (Å²) in [7, 11) is 0.